The Balaban J connectivity index is 0.00000196. The molecule has 4 rings (SSSR count). The third kappa shape index (κ3) is 4.17. The van der Waals surface area contributed by atoms with Crippen molar-refractivity contribution in [2.24, 2.45) is 0 Å². The second kappa shape index (κ2) is 10.1. The van der Waals surface area contributed by atoms with Gasteiger partial charge in [-0.3, -0.25) is 0 Å². The topological polar surface area (TPSA) is 0 Å². The van der Waals surface area contributed by atoms with Crippen LogP contribution in [0.3, 0.4) is 0 Å². The molecule has 0 aliphatic rings. The third-order valence-corrected chi connectivity index (χ3v) is 4.83. The van der Waals surface area contributed by atoms with Crippen molar-refractivity contribution < 1.29 is 51.3 Å². The van der Waals surface area contributed by atoms with Crippen LogP contribution in [-0.4, -0.2) is 0 Å². The molecule has 27 heavy (non-hydrogen) atoms. The van der Waals surface area contributed by atoms with Crippen LogP contribution in [0.2, 0.25) is 0 Å². The van der Waals surface area contributed by atoms with Crippen molar-refractivity contribution in [2.45, 2.75) is 5.41 Å². The molecule has 4 aromatic carbocycles. The van der Waals surface area contributed by atoms with Crippen molar-refractivity contribution in [1.29, 1.82) is 0 Å². The summed E-state index contributed by atoms with van der Waals surface area (Å²) >= 11 is 0. The van der Waals surface area contributed by atoms with E-state index in [4.69, 9.17) is 0 Å². The zero-order valence-electron chi connectivity index (χ0n) is 18.0. The summed E-state index contributed by atoms with van der Waals surface area (Å²) in [5.74, 6) is 0. The second-order valence-electron chi connectivity index (χ2n) is 6.21. The van der Waals surface area contributed by atoms with Gasteiger partial charge in [0.1, 0.15) is 0 Å². The molecule has 0 radical (unpaired) electrons. The standard InChI is InChI=1S/C25H20.Li.Na.2H/c1-5-13-21(14-6-1)25(22-15-7-2-8-16-22,23-17-9-3-10-18-23)24-19-11-4-12-20-24;;;;/h1-20H;;;;/q;2*+1;2*-1. The van der Waals surface area contributed by atoms with Crippen molar-refractivity contribution in [2.75, 3.05) is 0 Å². The van der Waals surface area contributed by atoms with Crippen molar-refractivity contribution in [1.82, 2.24) is 0 Å². The molecule has 0 nitrogen and oxygen atoms in total. The summed E-state index contributed by atoms with van der Waals surface area (Å²) in [6, 6.07) is 43.1. The monoisotopic (exact) mass is 352 g/mol. The van der Waals surface area contributed by atoms with E-state index in [1.807, 2.05) is 0 Å². The fraction of sp³-hybridized carbons (Fsp3) is 0.0400. The Hall–Kier alpha value is -1.52. The van der Waals surface area contributed by atoms with E-state index in [1.54, 1.807) is 0 Å². The predicted octanol–water partition coefficient (Wildman–Crippen LogP) is 0.302. The molecule has 0 aromatic heterocycles. The SMILES string of the molecule is [H-].[H-].[Li+].[Na+].c1ccc(C(c2ccccc2)(c2ccccc2)c2ccccc2)cc1. The van der Waals surface area contributed by atoms with Crippen LogP contribution >= 0.6 is 0 Å². The minimum Gasteiger partial charge on any atom is -1.00 e. The fourth-order valence-electron chi connectivity index (χ4n) is 3.75. The molecule has 0 amide bonds. The van der Waals surface area contributed by atoms with Crippen molar-refractivity contribution in [3.8, 4) is 0 Å². The first kappa shape index (κ1) is 21.8. The van der Waals surface area contributed by atoms with Crippen LogP contribution in [0.25, 0.3) is 0 Å². The van der Waals surface area contributed by atoms with Crippen molar-refractivity contribution in [3.63, 3.8) is 0 Å². The number of hydrogen-bond donors (Lipinski definition) is 0. The summed E-state index contributed by atoms with van der Waals surface area (Å²) in [7, 11) is 0. The van der Waals surface area contributed by atoms with Gasteiger partial charge in [0.15, 0.2) is 0 Å². The third-order valence-electron chi connectivity index (χ3n) is 4.83. The first-order valence-corrected chi connectivity index (χ1v) is 8.64. The molecule has 0 saturated carbocycles. The maximum Gasteiger partial charge on any atom is 1.00 e. The van der Waals surface area contributed by atoms with Gasteiger partial charge in [0, 0.05) is 0 Å². The Kier molecular flexibility index (Phi) is 8.18. The molecule has 0 aliphatic heterocycles. The number of benzene rings is 4. The van der Waals surface area contributed by atoms with Crippen molar-refractivity contribution >= 4 is 0 Å². The van der Waals surface area contributed by atoms with E-state index in [2.05, 4.69) is 121 Å². The molecule has 0 bridgehead atoms. The van der Waals surface area contributed by atoms with Gasteiger partial charge in [0.2, 0.25) is 0 Å². The molecule has 0 spiro atoms. The van der Waals surface area contributed by atoms with Crippen LogP contribution in [0.15, 0.2) is 121 Å². The minimum absolute atomic E-state index is 0. The molecule has 4 aromatic rings. The maximum atomic E-state index is 2.23. The van der Waals surface area contributed by atoms with Crippen LogP contribution in [0.5, 0.6) is 0 Å². The van der Waals surface area contributed by atoms with E-state index in [9.17, 15) is 0 Å². The Labute approximate surface area is 199 Å². The smallest absolute Gasteiger partial charge is 1.00 e. The molecule has 0 N–H and O–H groups in total. The predicted molar refractivity (Wildman–Crippen MR) is 107 cm³/mol. The molecule has 0 heterocycles. The quantitative estimate of drug-likeness (QED) is 0.366. The van der Waals surface area contributed by atoms with Crippen LogP contribution in [0.1, 0.15) is 25.1 Å². The van der Waals surface area contributed by atoms with E-state index in [0.717, 1.165) is 0 Å². The van der Waals surface area contributed by atoms with Gasteiger partial charge in [0.25, 0.3) is 0 Å². The van der Waals surface area contributed by atoms with E-state index >= 15 is 0 Å². The van der Waals surface area contributed by atoms with Crippen molar-refractivity contribution in [3.05, 3.63) is 144 Å². The van der Waals surface area contributed by atoms with Gasteiger partial charge in [0.05, 0.1) is 5.41 Å². The summed E-state index contributed by atoms with van der Waals surface area (Å²) in [4.78, 5) is 0. The summed E-state index contributed by atoms with van der Waals surface area (Å²) < 4.78 is 0. The van der Waals surface area contributed by atoms with Gasteiger partial charge in [-0.15, -0.1) is 0 Å². The van der Waals surface area contributed by atoms with Gasteiger partial charge in [-0.2, -0.15) is 0 Å². The summed E-state index contributed by atoms with van der Waals surface area (Å²) in [5, 5.41) is 0. The number of hydrogen-bond acceptors (Lipinski definition) is 0. The van der Waals surface area contributed by atoms with Crippen LogP contribution < -0.4 is 48.4 Å². The average molecular weight is 352 g/mol. The average Bonchev–Trinajstić information content (AvgIpc) is 2.72. The maximum absolute atomic E-state index is 2.23. The Morgan fingerprint density at radius 1 is 0.370 bits per heavy atom. The van der Waals surface area contributed by atoms with Gasteiger partial charge < -0.3 is 2.85 Å². The molecule has 124 valence electrons. The van der Waals surface area contributed by atoms with E-state index in [1.165, 1.54) is 22.3 Å². The van der Waals surface area contributed by atoms with Gasteiger partial charge in [-0.25, -0.2) is 0 Å². The normalized spacial score (nSPS) is 10.4. The summed E-state index contributed by atoms with van der Waals surface area (Å²) in [6.07, 6.45) is 0. The molecule has 0 fully saturated rings. The second-order valence-corrected chi connectivity index (χ2v) is 6.21. The molecule has 0 aliphatic carbocycles. The Morgan fingerprint density at radius 3 is 0.741 bits per heavy atom. The molecule has 0 saturated heterocycles. The zero-order valence-corrected chi connectivity index (χ0v) is 18.0. The molecular formula is C25H22LiNa. The first-order valence-electron chi connectivity index (χ1n) is 8.64. The van der Waals surface area contributed by atoms with E-state index in [0.29, 0.717) is 0 Å². The van der Waals surface area contributed by atoms with Gasteiger partial charge in [-0.05, 0) is 22.3 Å². The largest absolute Gasteiger partial charge is 1.00 e. The van der Waals surface area contributed by atoms with Crippen LogP contribution in [0.4, 0.5) is 0 Å². The Bertz CT molecular complexity index is 770. The minimum atomic E-state index is -0.328. The van der Waals surface area contributed by atoms with Crippen LogP contribution in [-0.2, 0) is 5.41 Å². The molecule has 2 heteroatoms. The van der Waals surface area contributed by atoms with E-state index < -0.39 is 0 Å². The van der Waals surface area contributed by atoms with Gasteiger partial charge >= 0.3 is 48.4 Å². The summed E-state index contributed by atoms with van der Waals surface area (Å²) in [5.41, 5.74) is 4.78. The molecule has 0 unspecified atom stereocenters. The first-order chi connectivity index (χ1) is 12.4. The molecular weight excluding hydrogens is 330 g/mol. The summed E-state index contributed by atoms with van der Waals surface area (Å²) in [6.45, 7) is 0. The zero-order chi connectivity index (χ0) is 17.0. The fourth-order valence-corrected chi connectivity index (χ4v) is 3.75. The van der Waals surface area contributed by atoms with Gasteiger partial charge in [-0.1, -0.05) is 121 Å². The van der Waals surface area contributed by atoms with Crippen LogP contribution in [0, 0.1) is 0 Å². The van der Waals surface area contributed by atoms with E-state index in [-0.39, 0.29) is 56.7 Å². The Morgan fingerprint density at radius 2 is 0.556 bits per heavy atom. The molecule has 0 atom stereocenters. The number of rotatable bonds is 4.